The Morgan fingerprint density at radius 1 is 1.08 bits per heavy atom. The Morgan fingerprint density at radius 3 is 2.40 bits per heavy atom. The second-order valence-electron chi connectivity index (χ2n) is 6.14. The summed E-state index contributed by atoms with van der Waals surface area (Å²) in [4.78, 5) is 16.6. The fraction of sp³-hybridized carbons (Fsp3) is 0.316. The highest BCUT2D eigenvalue weighted by Crippen LogP contribution is 2.32. The van der Waals surface area contributed by atoms with E-state index in [0.29, 0.717) is 19.6 Å². The third-order valence-electron chi connectivity index (χ3n) is 4.55. The lowest BCUT2D eigenvalue weighted by molar-refractivity contribution is 0.0667. The Bertz CT molecular complexity index is 758. The molecule has 1 amide bonds. The number of carbonyl (C=O) groups excluding carboxylic acids is 1. The summed E-state index contributed by atoms with van der Waals surface area (Å²) in [6.07, 6.45) is 0. The van der Waals surface area contributed by atoms with Crippen LogP contribution >= 0.6 is 0 Å². The van der Waals surface area contributed by atoms with Gasteiger partial charge < -0.3 is 24.7 Å². The number of para-hydroxylation sites is 2. The highest BCUT2D eigenvalue weighted by molar-refractivity contribution is 5.99. The SMILES string of the molecule is COc1ccccc1N1CCN(C(=O)c2c(O)cccc2O)C(C)C1. The first kappa shape index (κ1) is 17.0. The van der Waals surface area contributed by atoms with Gasteiger partial charge in [0.25, 0.3) is 5.91 Å². The molecule has 3 rings (SSSR count). The van der Waals surface area contributed by atoms with Crippen molar-refractivity contribution in [1.29, 1.82) is 0 Å². The number of carbonyl (C=O) groups is 1. The number of aromatic hydroxyl groups is 2. The third-order valence-corrected chi connectivity index (χ3v) is 4.55. The average Bonchev–Trinajstić information content (AvgIpc) is 2.61. The molecule has 0 spiro atoms. The lowest BCUT2D eigenvalue weighted by Gasteiger charge is -2.41. The van der Waals surface area contributed by atoms with Crippen LogP contribution in [-0.4, -0.2) is 53.8 Å². The van der Waals surface area contributed by atoms with Gasteiger partial charge in [-0.1, -0.05) is 18.2 Å². The van der Waals surface area contributed by atoms with Gasteiger partial charge in [-0.05, 0) is 31.2 Å². The van der Waals surface area contributed by atoms with E-state index in [4.69, 9.17) is 4.74 Å². The number of phenolic OH excluding ortho intramolecular Hbond substituents is 2. The molecular formula is C19H22N2O4. The van der Waals surface area contributed by atoms with Gasteiger partial charge in [-0.15, -0.1) is 0 Å². The van der Waals surface area contributed by atoms with E-state index in [2.05, 4.69) is 4.90 Å². The van der Waals surface area contributed by atoms with Gasteiger partial charge in [0, 0.05) is 25.7 Å². The van der Waals surface area contributed by atoms with Crippen molar-refractivity contribution in [2.45, 2.75) is 13.0 Å². The van der Waals surface area contributed by atoms with Gasteiger partial charge in [-0.2, -0.15) is 0 Å². The number of phenols is 2. The minimum atomic E-state index is -0.359. The zero-order chi connectivity index (χ0) is 18.0. The van der Waals surface area contributed by atoms with Crippen LogP contribution in [-0.2, 0) is 0 Å². The van der Waals surface area contributed by atoms with E-state index in [9.17, 15) is 15.0 Å². The molecule has 132 valence electrons. The average molecular weight is 342 g/mol. The Morgan fingerprint density at radius 2 is 1.76 bits per heavy atom. The van der Waals surface area contributed by atoms with Crippen LogP contribution < -0.4 is 9.64 Å². The van der Waals surface area contributed by atoms with Gasteiger partial charge >= 0.3 is 0 Å². The Labute approximate surface area is 146 Å². The van der Waals surface area contributed by atoms with E-state index in [0.717, 1.165) is 11.4 Å². The van der Waals surface area contributed by atoms with Crippen LogP contribution in [0.25, 0.3) is 0 Å². The van der Waals surface area contributed by atoms with Gasteiger partial charge in [0.05, 0.1) is 12.8 Å². The molecule has 1 aliphatic rings. The van der Waals surface area contributed by atoms with Crippen molar-refractivity contribution in [3.63, 3.8) is 0 Å². The predicted octanol–water partition coefficient (Wildman–Crippen LogP) is 2.46. The monoisotopic (exact) mass is 342 g/mol. The van der Waals surface area contributed by atoms with Gasteiger partial charge in [-0.25, -0.2) is 0 Å². The molecule has 0 radical (unpaired) electrons. The summed E-state index contributed by atoms with van der Waals surface area (Å²) in [5.74, 6) is 0.0318. The molecule has 0 bridgehead atoms. The van der Waals surface area contributed by atoms with Crippen molar-refractivity contribution in [2.75, 3.05) is 31.6 Å². The second kappa shape index (κ2) is 6.93. The first-order valence-corrected chi connectivity index (χ1v) is 8.22. The number of amides is 1. The number of piperazine rings is 1. The van der Waals surface area contributed by atoms with E-state index in [-0.39, 0.29) is 29.0 Å². The molecule has 1 heterocycles. The largest absolute Gasteiger partial charge is 0.507 e. The number of hydrogen-bond donors (Lipinski definition) is 2. The number of benzene rings is 2. The molecular weight excluding hydrogens is 320 g/mol. The summed E-state index contributed by atoms with van der Waals surface area (Å²) in [5, 5.41) is 19.9. The lowest BCUT2D eigenvalue weighted by atomic mass is 10.1. The number of hydrogen-bond acceptors (Lipinski definition) is 5. The van der Waals surface area contributed by atoms with E-state index in [1.54, 1.807) is 12.0 Å². The lowest BCUT2D eigenvalue weighted by Crippen LogP contribution is -2.54. The molecule has 1 saturated heterocycles. The van der Waals surface area contributed by atoms with Crippen LogP contribution in [0.1, 0.15) is 17.3 Å². The smallest absolute Gasteiger partial charge is 0.261 e. The summed E-state index contributed by atoms with van der Waals surface area (Å²) < 4.78 is 5.42. The molecule has 6 heteroatoms. The van der Waals surface area contributed by atoms with Crippen LogP contribution in [0.5, 0.6) is 17.2 Å². The Balaban J connectivity index is 1.79. The van der Waals surface area contributed by atoms with Gasteiger partial charge in [0.2, 0.25) is 0 Å². The first-order chi connectivity index (χ1) is 12.0. The summed E-state index contributed by atoms with van der Waals surface area (Å²) in [6.45, 7) is 3.73. The Kier molecular flexibility index (Phi) is 4.70. The highest BCUT2D eigenvalue weighted by atomic mass is 16.5. The van der Waals surface area contributed by atoms with Crippen LogP contribution in [0, 0.1) is 0 Å². The number of methoxy groups -OCH3 is 1. The number of rotatable bonds is 3. The topological polar surface area (TPSA) is 73.2 Å². The van der Waals surface area contributed by atoms with Crippen LogP contribution in [0.3, 0.4) is 0 Å². The normalized spacial score (nSPS) is 17.4. The summed E-state index contributed by atoms with van der Waals surface area (Å²) in [5.41, 5.74) is 0.953. The van der Waals surface area contributed by atoms with Gasteiger partial charge in [0.15, 0.2) is 0 Å². The molecule has 0 aliphatic carbocycles. The Hall–Kier alpha value is -2.89. The molecule has 1 aliphatic heterocycles. The minimum absolute atomic E-state index is 0.0416. The predicted molar refractivity (Wildman–Crippen MR) is 95.5 cm³/mol. The fourth-order valence-corrected chi connectivity index (χ4v) is 3.26. The number of nitrogens with zero attached hydrogens (tertiary/aromatic N) is 2. The summed E-state index contributed by atoms with van der Waals surface area (Å²) >= 11 is 0. The molecule has 25 heavy (non-hydrogen) atoms. The molecule has 0 aromatic heterocycles. The van der Waals surface area contributed by atoms with Crippen molar-refractivity contribution >= 4 is 11.6 Å². The zero-order valence-electron chi connectivity index (χ0n) is 14.3. The van der Waals surface area contributed by atoms with E-state index in [1.807, 2.05) is 31.2 Å². The molecule has 0 saturated carbocycles. The molecule has 1 atom stereocenters. The van der Waals surface area contributed by atoms with Crippen LogP contribution in [0.2, 0.25) is 0 Å². The van der Waals surface area contributed by atoms with Crippen molar-refractivity contribution < 1.29 is 19.7 Å². The van der Waals surface area contributed by atoms with Crippen LogP contribution in [0.4, 0.5) is 5.69 Å². The maximum Gasteiger partial charge on any atom is 0.261 e. The molecule has 2 N–H and O–H groups in total. The van der Waals surface area contributed by atoms with Gasteiger partial charge in [-0.3, -0.25) is 4.79 Å². The first-order valence-electron chi connectivity index (χ1n) is 8.22. The van der Waals surface area contributed by atoms with Crippen molar-refractivity contribution in [3.05, 3.63) is 48.0 Å². The maximum absolute atomic E-state index is 12.8. The standard InChI is InChI=1S/C19H22N2O4/c1-13-12-20(14-6-3-4-9-17(14)25-2)10-11-21(13)19(24)18-15(22)7-5-8-16(18)23/h3-9,13,22-23H,10-12H2,1-2H3. The van der Waals surface area contributed by atoms with Gasteiger partial charge in [0.1, 0.15) is 22.8 Å². The number of ether oxygens (including phenoxy) is 1. The maximum atomic E-state index is 12.8. The minimum Gasteiger partial charge on any atom is -0.507 e. The number of anilines is 1. The zero-order valence-corrected chi connectivity index (χ0v) is 14.3. The van der Waals surface area contributed by atoms with Crippen LogP contribution in [0.15, 0.2) is 42.5 Å². The van der Waals surface area contributed by atoms with E-state index < -0.39 is 0 Å². The van der Waals surface area contributed by atoms with Crippen molar-refractivity contribution in [2.24, 2.45) is 0 Å². The third kappa shape index (κ3) is 3.20. The molecule has 2 aromatic rings. The molecule has 1 unspecified atom stereocenters. The quantitative estimate of drug-likeness (QED) is 0.896. The molecule has 2 aromatic carbocycles. The van der Waals surface area contributed by atoms with Crippen molar-refractivity contribution in [1.82, 2.24) is 4.90 Å². The highest BCUT2D eigenvalue weighted by Gasteiger charge is 2.31. The van der Waals surface area contributed by atoms with E-state index in [1.165, 1.54) is 18.2 Å². The second-order valence-corrected chi connectivity index (χ2v) is 6.14. The summed E-state index contributed by atoms with van der Waals surface area (Å²) in [6, 6.07) is 12.0. The fourth-order valence-electron chi connectivity index (χ4n) is 3.26. The van der Waals surface area contributed by atoms with E-state index >= 15 is 0 Å². The van der Waals surface area contributed by atoms with Crippen molar-refractivity contribution in [3.8, 4) is 17.2 Å². The molecule has 6 nitrogen and oxygen atoms in total. The molecule has 1 fully saturated rings. The summed E-state index contributed by atoms with van der Waals surface area (Å²) in [7, 11) is 1.64.